The lowest BCUT2D eigenvalue weighted by Crippen LogP contribution is -2.21. The van der Waals surface area contributed by atoms with Gasteiger partial charge < -0.3 is 5.73 Å². The Morgan fingerprint density at radius 1 is 1.33 bits per heavy atom. The fourth-order valence-electron chi connectivity index (χ4n) is 1.31. The van der Waals surface area contributed by atoms with Gasteiger partial charge in [0.25, 0.3) is 0 Å². The van der Waals surface area contributed by atoms with Crippen LogP contribution in [0.25, 0.3) is 0 Å². The normalized spacial score (nSPS) is 14.0. The SMILES string of the molecule is Cc1ccc(F)c([C@@H](N)CC(F)(F)F)c1. The van der Waals surface area contributed by atoms with Gasteiger partial charge in [0.1, 0.15) is 5.82 Å². The maximum atomic E-state index is 13.1. The zero-order chi connectivity index (χ0) is 11.6. The van der Waals surface area contributed by atoms with Gasteiger partial charge in [-0.3, -0.25) is 0 Å². The Labute approximate surface area is 84.9 Å². The van der Waals surface area contributed by atoms with Gasteiger partial charge in [0.05, 0.1) is 6.42 Å². The predicted octanol–water partition coefficient (Wildman–Crippen LogP) is 3.09. The van der Waals surface area contributed by atoms with Crippen LogP contribution in [0.3, 0.4) is 0 Å². The van der Waals surface area contributed by atoms with Crippen LogP contribution >= 0.6 is 0 Å². The molecule has 2 N–H and O–H groups in total. The van der Waals surface area contributed by atoms with Crippen molar-refractivity contribution in [2.45, 2.75) is 25.6 Å². The van der Waals surface area contributed by atoms with Crippen LogP contribution in [0.15, 0.2) is 18.2 Å². The monoisotopic (exact) mass is 221 g/mol. The fourth-order valence-corrected chi connectivity index (χ4v) is 1.31. The summed E-state index contributed by atoms with van der Waals surface area (Å²) >= 11 is 0. The molecule has 1 aromatic carbocycles. The first kappa shape index (κ1) is 12.0. The number of rotatable bonds is 2. The largest absolute Gasteiger partial charge is 0.390 e. The molecule has 15 heavy (non-hydrogen) atoms. The summed E-state index contributed by atoms with van der Waals surface area (Å²) in [7, 11) is 0. The second-order valence-corrected chi connectivity index (χ2v) is 3.45. The Morgan fingerprint density at radius 3 is 2.47 bits per heavy atom. The first-order chi connectivity index (χ1) is 6.79. The molecule has 1 nitrogen and oxygen atoms in total. The minimum Gasteiger partial charge on any atom is -0.324 e. The second kappa shape index (κ2) is 4.18. The van der Waals surface area contributed by atoms with Gasteiger partial charge >= 0.3 is 6.18 Å². The van der Waals surface area contributed by atoms with E-state index in [9.17, 15) is 17.6 Å². The third kappa shape index (κ3) is 3.51. The molecule has 0 aliphatic rings. The first-order valence-electron chi connectivity index (χ1n) is 4.38. The summed E-state index contributed by atoms with van der Waals surface area (Å²) in [6, 6.07) is 2.61. The topological polar surface area (TPSA) is 26.0 Å². The lowest BCUT2D eigenvalue weighted by molar-refractivity contribution is -0.138. The van der Waals surface area contributed by atoms with Gasteiger partial charge in [-0.05, 0) is 13.0 Å². The van der Waals surface area contributed by atoms with Crippen molar-refractivity contribution in [1.29, 1.82) is 0 Å². The molecule has 0 aliphatic carbocycles. The second-order valence-electron chi connectivity index (χ2n) is 3.45. The smallest absolute Gasteiger partial charge is 0.324 e. The number of halogens is 4. The Morgan fingerprint density at radius 2 is 1.93 bits per heavy atom. The average Bonchev–Trinajstić information content (AvgIpc) is 2.06. The van der Waals surface area contributed by atoms with E-state index in [0.29, 0.717) is 5.56 Å². The van der Waals surface area contributed by atoms with E-state index in [-0.39, 0.29) is 5.56 Å². The number of aryl methyl sites for hydroxylation is 1. The molecule has 0 amide bonds. The van der Waals surface area contributed by atoms with E-state index in [1.807, 2.05) is 0 Å². The molecule has 0 heterocycles. The van der Waals surface area contributed by atoms with Crippen LogP contribution in [0.1, 0.15) is 23.6 Å². The molecule has 1 rings (SSSR count). The Bertz CT molecular complexity index is 346. The zero-order valence-electron chi connectivity index (χ0n) is 8.11. The van der Waals surface area contributed by atoms with Gasteiger partial charge in [0.15, 0.2) is 0 Å². The number of alkyl halides is 3. The number of hydrogen-bond donors (Lipinski definition) is 1. The summed E-state index contributed by atoms with van der Waals surface area (Å²) in [4.78, 5) is 0. The number of benzene rings is 1. The molecule has 0 aliphatic heterocycles. The van der Waals surface area contributed by atoms with E-state index < -0.39 is 24.5 Å². The lowest BCUT2D eigenvalue weighted by Gasteiger charge is -2.15. The molecule has 0 saturated carbocycles. The summed E-state index contributed by atoms with van der Waals surface area (Å²) in [6.45, 7) is 1.67. The summed E-state index contributed by atoms with van der Waals surface area (Å²) in [5.41, 5.74) is 5.88. The van der Waals surface area contributed by atoms with Crippen LogP contribution < -0.4 is 5.73 Å². The van der Waals surface area contributed by atoms with Crippen molar-refractivity contribution in [2.75, 3.05) is 0 Å². The Kier molecular flexibility index (Phi) is 3.34. The maximum Gasteiger partial charge on any atom is 0.390 e. The molecule has 1 atom stereocenters. The third-order valence-corrected chi connectivity index (χ3v) is 2.00. The van der Waals surface area contributed by atoms with Gasteiger partial charge in [-0.25, -0.2) is 4.39 Å². The third-order valence-electron chi connectivity index (χ3n) is 2.00. The first-order valence-corrected chi connectivity index (χ1v) is 4.38. The van der Waals surface area contributed by atoms with Gasteiger partial charge in [-0.15, -0.1) is 0 Å². The summed E-state index contributed by atoms with van der Waals surface area (Å²) in [5.74, 6) is -0.697. The fraction of sp³-hybridized carbons (Fsp3) is 0.400. The molecule has 5 heteroatoms. The van der Waals surface area contributed by atoms with Crippen LogP contribution in [0.4, 0.5) is 17.6 Å². The molecule has 0 saturated heterocycles. The molecule has 0 radical (unpaired) electrons. The molecule has 0 fully saturated rings. The predicted molar refractivity (Wildman–Crippen MR) is 48.7 cm³/mol. The van der Waals surface area contributed by atoms with Crippen molar-refractivity contribution >= 4 is 0 Å². The van der Waals surface area contributed by atoms with Gasteiger partial charge in [0.2, 0.25) is 0 Å². The minimum absolute atomic E-state index is 0.0904. The standard InChI is InChI=1S/C10H11F4N/c1-6-2-3-8(11)7(4-6)9(15)5-10(12,13)14/h2-4,9H,5,15H2,1H3/t9-/m0/s1. The average molecular weight is 221 g/mol. The van der Waals surface area contributed by atoms with E-state index in [2.05, 4.69) is 0 Å². The molecule has 0 bridgehead atoms. The Hall–Kier alpha value is -1.10. The highest BCUT2D eigenvalue weighted by Crippen LogP contribution is 2.29. The highest BCUT2D eigenvalue weighted by Gasteiger charge is 2.31. The molecule has 0 spiro atoms. The summed E-state index contributed by atoms with van der Waals surface area (Å²) < 4.78 is 49.2. The summed E-state index contributed by atoms with van der Waals surface area (Å²) in [6.07, 6.45) is -5.59. The summed E-state index contributed by atoms with van der Waals surface area (Å²) in [5, 5.41) is 0. The molecule has 0 aromatic heterocycles. The maximum absolute atomic E-state index is 13.1. The molecule has 1 aromatic rings. The van der Waals surface area contributed by atoms with Crippen LogP contribution in [0.2, 0.25) is 0 Å². The van der Waals surface area contributed by atoms with Crippen LogP contribution in [0, 0.1) is 12.7 Å². The number of nitrogens with two attached hydrogens (primary N) is 1. The molecule has 0 unspecified atom stereocenters. The van der Waals surface area contributed by atoms with Crippen molar-refractivity contribution < 1.29 is 17.6 Å². The Balaban J connectivity index is 2.90. The van der Waals surface area contributed by atoms with Crippen molar-refractivity contribution in [3.63, 3.8) is 0 Å². The van der Waals surface area contributed by atoms with Crippen molar-refractivity contribution in [1.82, 2.24) is 0 Å². The van der Waals surface area contributed by atoms with Crippen molar-refractivity contribution in [3.05, 3.63) is 35.1 Å². The van der Waals surface area contributed by atoms with Gasteiger partial charge in [0, 0.05) is 11.6 Å². The van der Waals surface area contributed by atoms with Crippen LogP contribution in [-0.4, -0.2) is 6.18 Å². The van der Waals surface area contributed by atoms with Crippen molar-refractivity contribution in [2.24, 2.45) is 5.73 Å². The van der Waals surface area contributed by atoms with E-state index >= 15 is 0 Å². The lowest BCUT2D eigenvalue weighted by atomic mass is 10.0. The van der Waals surface area contributed by atoms with E-state index in [0.717, 1.165) is 6.07 Å². The van der Waals surface area contributed by atoms with Gasteiger partial charge in [-0.1, -0.05) is 17.7 Å². The highest BCUT2D eigenvalue weighted by atomic mass is 19.4. The van der Waals surface area contributed by atoms with Crippen LogP contribution in [0.5, 0.6) is 0 Å². The van der Waals surface area contributed by atoms with E-state index in [1.165, 1.54) is 12.1 Å². The van der Waals surface area contributed by atoms with Gasteiger partial charge in [-0.2, -0.15) is 13.2 Å². The molecule has 84 valence electrons. The highest BCUT2D eigenvalue weighted by molar-refractivity contribution is 5.26. The van der Waals surface area contributed by atoms with Crippen LogP contribution in [-0.2, 0) is 0 Å². The quantitative estimate of drug-likeness (QED) is 0.763. The van der Waals surface area contributed by atoms with E-state index in [4.69, 9.17) is 5.73 Å². The zero-order valence-corrected chi connectivity index (χ0v) is 8.11. The van der Waals surface area contributed by atoms with E-state index in [1.54, 1.807) is 6.92 Å². The molecular weight excluding hydrogens is 210 g/mol. The van der Waals surface area contributed by atoms with Crippen molar-refractivity contribution in [3.8, 4) is 0 Å². The molecular formula is C10H11F4N. The minimum atomic E-state index is -4.38. The number of hydrogen-bond acceptors (Lipinski definition) is 1.